The van der Waals surface area contributed by atoms with Crippen LogP contribution < -0.4 is 10.5 Å². The van der Waals surface area contributed by atoms with Crippen molar-refractivity contribution in [1.82, 2.24) is 9.71 Å². The van der Waals surface area contributed by atoms with E-state index in [1.807, 2.05) is 20.8 Å². The van der Waals surface area contributed by atoms with Gasteiger partial charge in [-0.2, -0.15) is 0 Å². The third-order valence-corrected chi connectivity index (χ3v) is 4.53. The Balaban J connectivity index is 2.94. The Bertz CT molecular complexity index is 473. The van der Waals surface area contributed by atoms with Crippen LogP contribution in [-0.2, 0) is 10.0 Å². The Labute approximate surface area is 102 Å². The van der Waals surface area contributed by atoms with E-state index in [1.54, 1.807) is 6.07 Å². The number of rotatable bonds is 5. The number of nitrogens with two attached hydrogens (primary N) is 1. The maximum Gasteiger partial charge on any atom is 0.244 e. The van der Waals surface area contributed by atoms with Gasteiger partial charge in [-0.05, 0) is 25.0 Å². The van der Waals surface area contributed by atoms with Gasteiger partial charge in [0, 0.05) is 12.2 Å². The van der Waals surface area contributed by atoms with Gasteiger partial charge in [0.25, 0.3) is 0 Å². The van der Waals surface area contributed by atoms with Crippen molar-refractivity contribution in [1.29, 1.82) is 0 Å². The van der Waals surface area contributed by atoms with Crippen molar-refractivity contribution in [3.05, 3.63) is 18.3 Å². The zero-order valence-corrected chi connectivity index (χ0v) is 11.2. The summed E-state index contributed by atoms with van der Waals surface area (Å²) >= 11 is 0. The number of nitrogen functional groups attached to an aromatic ring is 1. The molecule has 1 rings (SSSR count). The third-order valence-electron chi connectivity index (χ3n) is 2.93. The van der Waals surface area contributed by atoms with Crippen molar-refractivity contribution in [2.75, 3.05) is 5.73 Å². The van der Waals surface area contributed by atoms with Crippen LogP contribution in [0.2, 0.25) is 0 Å². The van der Waals surface area contributed by atoms with Gasteiger partial charge < -0.3 is 5.73 Å². The van der Waals surface area contributed by atoms with Crippen molar-refractivity contribution in [2.24, 2.45) is 5.92 Å². The topological polar surface area (TPSA) is 85.1 Å². The molecule has 0 amide bonds. The lowest BCUT2D eigenvalue weighted by molar-refractivity contribution is 0.434. The van der Waals surface area contributed by atoms with Crippen LogP contribution in [0.4, 0.5) is 5.82 Å². The van der Waals surface area contributed by atoms with Gasteiger partial charge in [-0.15, -0.1) is 0 Å². The molecule has 1 aromatic heterocycles. The fourth-order valence-corrected chi connectivity index (χ4v) is 2.84. The second kappa shape index (κ2) is 5.46. The van der Waals surface area contributed by atoms with Crippen LogP contribution in [0.1, 0.15) is 27.2 Å². The van der Waals surface area contributed by atoms with E-state index < -0.39 is 10.0 Å². The lowest BCUT2D eigenvalue weighted by atomic mass is 10.0. The summed E-state index contributed by atoms with van der Waals surface area (Å²) in [7, 11) is -3.58. The first-order valence-electron chi connectivity index (χ1n) is 5.61. The van der Waals surface area contributed by atoms with Crippen LogP contribution in [0.5, 0.6) is 0 Å². The van der Waals surface area contributed by atoms with Crippen molar-refractivity contribution < 1.29 is 8.42 Å². The lowest BCUT2D eigenvalue weighted by Gasteiger charge is -2.20. The van der Waals surface area contributed by atoms with Gasteiger partial charge in [-0.3, -0.25) is 0 Å². The molecule has 0 saturated heterocycles. The molecule has 0 aliphatic rings. The molecular formula is C11H19N3O2S. The normalized spacial score (nSPS) is 15.5. The molecule has 6 heteroatoms. The number of pyridine rings is 1. The van der Waals surface area contributed by atoms with E-state index in [9.17, 15) is 8.42 Å². The third kappa shape index (κ3) is 3.41. The summed E-state index contributed by atoms with van der Waals surface area (Å²) in [5.41, 5.74) is 5.56. The Kier molecular flexibility index (Phi) is 4.47. The summed E-state index contributed by atoms with van der Waals surface area (Å²) in [5.74, 6) is 0.291. The molecule has 5 nitrogen and oxygen atoms in total. The molecule has 2 unspecified atom stereocenters. The maximum absolute atomic E-state index is 12.1. The van der Waals surface area contributed by atoms with E-state index in [-0.39, 0.29) is 22.7 Å². The maximum atomic E-state index is 12.1. The molecule has 0 bridgehead atoms. The second-order valence-corrected chi connectivity index (χ2v) is 5.86. The summed E-state index contributed by atoms with van der Waals surface area (Å²) in [6, 6.07) is 2.87. The van der Waals surface area contributed by atoms with E-state index in [0.29, 0.717) is 0 Å². The molecule has 0 aromatic carbocycles. The number of sulfonamides is 1. The summed E-state index contributed by atoms with van der Waals surface area (Å²) < 4.78 is 26.7. The highest BCUT2D eigenvalue weighted by molar-refractivity contribution is 7.89. The first-order chi connectivity index (χ1) is 7.88. The molecule has 1 aromatic rings. The van der Waals surface area contributed by atoms with Crippen molar-refractivity contribution >= 4 is 15.8 Å². The average Bonchev–Trinajstić information content (AvgIpc) is 2.27. The largest absolute Gasteiger partial charge is 0.383 e. The standard InChI is InChI=1S/C11H19N3O2S/c1-4-8(2)9(3)14-17(15,16)10-6-5-7-13-11(10)12/h5-9,14H,4H2,1-3H3,(H2,12,13). The van der Waals surface area contributed by atoms with E-state index in [0.717, 1.165) is 6.42 Å². The molecule has 3 N–H and O–H groups in total. The first kappa shape index (κ1) is 13.9. The van der Waals surface area contributed by atoms with Gasteiger partial charge in [0.1, 0.15) is 10.7 Å². The zero-order valence-electron chi connectivity index (χ0n) is 10.3. The van der Waals surface area contributed by atoms with Gasteiger partial charge in [-0.25, -0.2) is 18.1 Å². The highest BCUT2D eigenvalue weighted by Gasteiger charge is 2.22. The smallest absolute Gasteiger partial charge is 0.244 e. The molecule has 0 saturated carbocycles. The van der Waals surface area contributed by atoms with Gasteiger partial charge in [0.15, 0.2) is 0 Å². The fraction of sp³-hybridized carbons (Fsp3) is 0.545. The van der Waals surface area contributed by atoms with Gasteiger partial charge in [0.2, 0.25) is 10.0 Å². The van der Waals surface area contributed by atoms with Gasteiger partial charge in [-0.1, -0.05) is 20.3 Å². The van der Waals surface area contributed by atoms with E-state index in [2.05, 4.69) is 9.71 Å². The van der Waals surface area contributed by atoms with Crippen LogP contribution in [-0.4, -0.2) is 19.4 Å². The van der Waals surface area contributed by atoms with Gasteiger partial charge in [0.05, 0.1) is 0 Å². The summed E-state index contributed by atoms with van der Waals surface area (Å²) in [4.78, 5) is 3.81. The summed E-state index contributed by atoms with van der Waals surface area (Å²) in [5, 5.41) is 0. The molecule has 1 heterocycles. The molecule has 0 aliphatic carbocycles. The van der Waals surface area contributed by atoms with Crippen molar-refractivity contribution in [3.63, 3.8) is 0 Å². The molecular weight excluding hydrogens is 238 g/mol. The molecule has 0 radical (unpaired) electrons. The Morgan fingerprint density at radius 3 is 2.65 bits per heavy atom. The highest BCUT2D eigenvalue weighted by atomic mass is 32.2. The Morgan fingerprint density at radius 2 is 2.12 bits per heavy atom. The molecule has 17 heavy (non-hydrogen) atoms. The fourth-order valence-electron chi connectivity index (χ4n) is 1.41. The lowest BCUT2D eigenvalue weighted by Crippen LogP contribution is -2.37. The predicted octanol–water partition coefficient (Wildman–Crippen LogP) is 1.38. The minimum Gasteiger partial charge on any atom is -0.383 e. The number of nitrogens with zero attached hydrogens (tertiary/aromatic N) is 1. The van der Waals surface area contributed by atoms with E-state index in [1.165, 1.54) is 12.3 Å². The van der Waals surface area contributed by atoms with E-state index >= 15 is 0 Å². The Morgan fingerprint density at radius 1 is 1.47 bits per heavy atom. The quantitative estimate of drug-likeness (QED) is 0.834. The SMILES string of the molecule is CCC(C)C(C)NS(=O)(=O)c1cccnc1N. The zero-order chi connectivity index (χ0) is 13.1. The van der Waals surface area contributed by atoms with Crippen LogP contribution >= 0.6 is 0 Å². The van der Waals surface area contributed by atoms with Crippen LogP contribution in [0.25, 0.3) is 0 Å². The number of hydrogen-bond acceptors (Lipinski definition) is 4. The number of aromatic nitrogens is 1. The number of hydrogen-bond donors (Lipinski definition) is 2. The first-order valence-corrected chi connectivity index (χ1v) is 7.09. The van der Waals surface area contributed by atoms with Gasteiger partial charge >= 0.3 is 0 Å². The van der Waals surface area contributed by atoms with E-state index in [4.69, 9.17) is 5.73 Å². The second-order valence-electron chi connectivity index (χ2n) is 4.18. The minimum absolute atomic E-state index is 0.0244. The van der Waals surface area contributed by atoms with Crippen LogP contribution in [0, 0.1) is 5.92 Å². The van der Waals surface area contributed by atoms with Crippen molar-refractivity contribution in [3.8, 4) is 0 Å². The molecule has 0 aliphatic heterocycles. The Hall–Kier alpha value is -1.14. The van der Waals surface area contributed by atoms with Crippen LogP contribution in [0.3, 0.4) is 0 Å². The molecule has 0 fully saturated rings. The minimum atomic E-state index is -3.58. The van der Waals surface area contributed by atoms with Crippen LogP contribution in [0.15, 0.2) is 23.2 Å². The summed E-state index contributed by atoms with van der Waals surface area (Å²) in [6.45, 7) is 5.87. The average molecular weight is 257 g/mol. The molecule has 2 atom stereocenters. The highest BCUT2D eigenvalue weighted by Crippen LogP contribution is 2.16. The number of anilines is 1. The molecule has 96 valence electrons. The number of nitrogens with one attached hydrogen (secondary N) is 1. The molecule has 0 spiro atoms. The summed E-state index contributed by atoms with van der Waals surface area (Å²) in [6.07, 6.45) is 2.37. The predicted molar refractivity (Wildman–Crippen MR) is 67.9 cm³/mol. The van der Waals surface area contributed by atoms with Crippen molar-refractivity contribution in [2.45, 2.75) is 38.1 Å². The monoisotopic (exact) mass is 257 g/mol.